The Bertz CT molecular complexity index is 1160. The van der Waals surface area contributed by atoms with Gasteiger partial charge in [-0.15, -0.1) is 0 Å². The van der Waals surface area contributed by atoms with E-state index in [1.54, 1.807) is 30.3 Å². The van der Waals surface area contributed by atoms with Crippen molar-refractivity contribution in [3.05, 3.63) is 82.0 Å². The number of carbonyl (C=O) groups excluding carboxylic acids is 1. The van der Waals surface area contributed by atoms with Crippen molar-refractivity contribution in [2.45, 2.75) is 25.8 Å². The zero-order chi connectivity index (χ0) is 22.0. The number of aryl methyl sites for hydroxylation is 2. The average Bonchev–Trinajstić information content (AvgIpc) is 3.35. The normalized spacial score (nSPS) is 17.0. The third-order valence-electron chi connectivity index (χ3n) is 5.03. The van der Waals surface area contributed by atoms with Gasteiger partial charge in [-0.1, -0.05) is 36.9 Å². The van der Waals surface area contributed by atoms with Crippen LogP contribution in [-0.2, 0) is 11.2 Å². The summed E-state index contributed by atoms with van der Waals surface area (Å²) in [6, 6.07) is 16.6. The van der Waals surface area contributed by atoms with Gasteiger partial charge in [0.1, 0.15) is 11.5 Å². The summed E-state index contributed by atoms with van der Waals surface area (Å²) in [6.45, 7) is 3.95. The monoisotopic (exact) mass is 434 g/mol. The number of nitrogens with one attached hydrogen (secondary N) is 2. The number of carbonyl (C=O) groups is 2. The lowest BCUT2D eigenvalue weighted by atomic mass is 10.0. The molecule has 31 heavy (non-hydrogen) atoms. The van der Waals surface area contributed by atoms with Crippen molar-refractivity contribution in [2.75, 3.05) is 5.32 Å². The molecule has 0 unspecified atom stereocenters. The van der Waals surface area contributed by atoms with E-state index in [0.717, 1.165) is 23.2 Å². The molecule has 2 aromatic carbocycles. The van der Waals surface area contributed by atoms with Gasteiger partial charge in [0.2, 0.25) is 0 Å². The van der Waals surface area contributed by atoms with Crippen molar-refractivity contribution in [3.8, 4) is 11.3 Å². The lowest BCUT2D eigenvalue weighted by molar-refractivity contribution is -0.116. The molecule has 1 fully saturated rings. The molecule has 1 aromatic heterocycles. The molecular formula is C24H22N2O4S. The van der Waals surface area contributed by atoms with Gasteiger partial charge in [-0.05, 0) is 60.9 Å². The summed E-state index contributed by atoms with van der Waals surface area (Å²) >= 11 is 1.40. The minimum absolute atomic E-state index is 0.160. The molecule has 158 valence electrons. The average molecular weight is 435 g/mol. The summed E-state index contributed by atoms with van der Waals surface area (Å²) in [5, 5.41) is 15.3. The number of carboxylic acid groups (broad SMARTS) is 1. The second-order valence-electron chi connectivity index (χ2n) is 7.21. The van der Waals surface area contributed by atoms with Crippen molar-refractivity contribution in [3.63, 3.8) is 0 Å². The molecule has 0 aliphatic carbocycles. The minimum atomic E-state index is -0.965. The van der Waals surface area contributed by atoms with Crippen molar-refractivity contribution in [1.29, 1.82) is 0 Å². The van der Waals surface area contributed by atoms with Gasteiger partial charge in [0.15, 0.2) is 5.50 Å². The molecule has 3 aromatic rings. The quantitative estimate of drug-likeness (QED) is 0.467. The van der Waals surface area contributed by atoms with Gasteiger partial charge in [0.25, 0.3) is 5.91 Å². The zero-order valence-corrected chi connectivity index (χ0v) is 18.0. The molecular weight excluding hydrogens is 412 g/mol. The van der Waals surface area contributed by atoms with Crippen LogP contribution < -0.4 is 10.6 Å². The topological polar surface area (TPSA) is 91.6 Å². The second kappa shape index (κ2) is 8.73. The summed E-state index contributed by atoms with van der Waals surface area (Å²) in [4.78, 5) is 24.1. The summed E-state index contributed by atoms with van der Waals surface area (Å²) in [6.07, 6.45) is 2.70. The van der Waals surface area contributed by atoms with Gasteiger partial charge >= 0.3 is 5.97 Å². The molecule has 1 aliphatic heterocycles. The summed E-state index contributed by atoms with van der Waals surface area (Å²) < 4.78 is 5.90. The largest absolute Gasteiger partial charge is 0.478 e. The van der Waals surface area contributed by atoms with E-state index in [1.165, 1.54) is 17.3 Å². The van der Waals surface area contributed by atoms with Crippen molar-refractivity contribution >= 4 is 35.4 Å². The molecule has 1 amide bonds. The highest BCUT2D eigenvalue weighted by Gasteiger charge is 2.27. The number of hydrogen-bond acceptors (Lipinski definition) is 5. The number of amides is 1. The number of carboxylic acids is 1. The van der Waals surface area contributed by atoms with E-state index in [4.69, 9.17) is 9.52 Å². The second-order valence-corrected chi connectivity index (χ2v) is 8.36. The van der Waals surface area contributed by atoms with Crippen LogP contribution >= 0.6 is 11.8 Å². The molecule has 0 saturated carbocycles. The fourth-order valence-electron chi connectivity index (χ4n) is 3.33. The molecule has 4 rings (SSSR count). The maximum Gasteiger partial charge on any atom is 0.335 e. The van der Waals surface area contributed by atoms with E-state index in [-0.39, 0.29) is 17.0 Å². The highest BCUT2D eigenvalue weighted by atomic mass is 32.2. The number of furan rings is 1. The summed E-state index contributed by atoms with van der Waals surface area (Å²) in [5.41, 5.74) is 3.80. The number of thioether (sulfide) groups is 1. The van der Waals surface area contributed by atoms with E-state index < -0.39 is 5.97 Å². The summed E-state index contributed by atoms with van der Waals surface area (Å²) in [5.74, 6) is 0.0542. The molecule has 1 atom stereocenters. The van der Waals surface area contributed by atoms with Crippen LogP contribution in [0.25, 0.3) is 17.4 Å². The van der Waals surface area contributed by atoms with Gasteiger partial charge in [-0.2, -0.15) is 0 Å². The Hall–Kier alpha value is -3.45. The van der Waals surface area contributed by atoms with Crippen LogP contribution in [0, 0.1) is 6.92 Å². The maximum absolute atomic E-state index is 12.4. The molecule has 0 radical (unpaired) electrons. The third kappa shape index (κ3) is 4.67. The van der Waals surface area contributed by atoms with Gasteiger partial charge in [-0.25, -0.2) is 4.79 Å². The number of hydrogen-bond donors (Lipinski definition) is 3. The SMILES string of the molecule is CCc1ccc(N[C@H]2NC(=O)/C(=C/c3ccc(-c4ccc(C(=O)O)cc4C)o3)S2)cc1. The number of benzene rings is 2. The Morgan fingerprint density at radius 1 is 1.19 bits per heavy atom. The number of rotatable bonds is 6. The minimum Gasteiger partial charge on any atom is -0.478 e. The van der Waals surface area contributed by atoms with Crippen LogP contribution in [0.1, 0.15) is 34.2 Å². The number of aromatic carboxylic acids is 1. The zero-order valence-electron chi connectivity index (χ0n) is 17.1. The molecule has 2 heterocycles. The predicted octanol–water partition coefficient (Wildman–Crippen LogP) is 5.12. The Morgan fingerprint density at radius 3 is 2.65 bits per heavy atom. The van der Waals surface area contributed by atoms with Crippen LogP contribution in [0.3, 0.4) is 0 Å². The van der Waals surface area contributed by atoms with Crippen LogP contribution in [0.4, 0.5) is 5.69 Å². The lowest BCUT2D eigenvalue weighted by Gasteiger charge is -2.12. The predicted molar refractivity (Wildman–Crippen MR) is 123 cm³/mol. The first kappa shape index (κ1) is 20.8. The molecule has 1 saturated heterocycles. The summed E-state index contributed by atoms with van der Waals surface area (Å²) in [7, 11) is 0. The standard InChI is InChI=1S/C24H22N2O4S/c1-3-15-4-7-17(8-5-15)25-24-26-22(27)21(31-24)13-18-9-11-20(30-18)19-10-6-16(23(28)29)12-14(19)2/h4-13,24-25H,3H2,1-2H3,(H,26,27)(H,28,29)/b21-13-/t24-/m0/s1. The Labute approximate surface area is 184 Å². The van der Waals surface area contributed by atoms with Crippen molar-refractivity contribution < 1.29 is 19.1 Å². The maximum atomic E-state index is 12.4. The van der Waals surface area contributed by atoms with Crippen LogP contribution in [-0.4, -0.2) is 22.5 Å². The Morgan fingerprint density at radius 2 is 1.97 bits per heavy atom. The fraction of sp³-hybridized carbons (Fsp3) is 0.167. The van der Waals surface area contributed by atoms with Gasteiger partial charge < -0.3 is 20.2 Å². The van der Waals surface area contributed by atoms with E-state index in [0.29, 0.717) is 16.4 Å². The highest BCUT2D eigenvalue weighted by molar-refractivity contribution is 8.05. The van der Waals surface area contributed by atoms with E-state index >= 15 is 0 Å². The molecule has 6 nitrogen and oxygen atoms in total. The van der Waals surface area contributed by atoms with Gasteiger partial charge in [0.05, 0.1) is 10.5 Å². The fourth-order valence-corrected chi connectivity index (χ4v) is 4.30. The van der Waals surface area contributed by atoms with Gasteiger partial charge in [-0.3, -0.25) is 4.79 Å². The first-order valence-electron chi connectivity index (χ1n) is 9.92. The molecule has 0 bridgehead atoms. The van der Waals surface area contributed by atoms with Crippen molar-refractivity contribution in [2.24, 2.45) is 0 Å². The Balaban J connectivity index is 1.47. The molecule has 0 spiro atoms. The van der Waals surface area contributed by atoms with Crippen LogP contribution in [0.5, 0.6) is 0 Å². The van der Waals surface area contributed by atoms with Crippen LogP contribution in [0.2, 0.25) is 0 Å². The van der Waals surface area contributed by atoms with E-state index in [2.05, 4.69) is 29.7 Å². The lowest BCUT2D eigenvalue weighted by Crippen LogP contribution is -2.30. The first-order valence-corrected chi connectivity index (χ1v) is 10.8. The third-order valence-corrected chi connectivity index (χ3v) is 6.06. The van der Waals surface area contributed by atoms with E-state index in [9.17, 15) is 9.59 Å². The molecule has 3 N–H and O–H groups in total. The number of anilines is 1. The smallest absolute Gasteiger partial charge is 0.335 e. The molecule has 7 heteroatoms. The first-order chi connectivity index (χ1) is 14.9. The highest BCUT2D eigenvalue weighted by Crippen LogP contribution is 2.32. The van der Waals surface area contributed by atoms with Crippen LogP contribution in [0.15, 0.2) is 63.9 Å². The molecule has 1 aliphatic rings. The van der Waals surface area contributed by atoms with Gasteiger partial charge in [0, 0.05) is 17.3 Å². The van der Waals surface area contributed by atoms with E-state index in [1.807, 2.05) is 25.1 Å². The van der Waals surface area contributed by atoms with Crippen molar-refractivity contribution in [1.82, 2.24) is 5.32 Å². The Kier molecular flexibility index (Phi) is 5.86.